The lowest BCUT2D eigenvalue weighted by molar-refractivity contribution is -0.140. The lowest BCUT2D eigenvalue weighted by atomic mass is 10.2. The van der Waals surface area contributed by atoms with E-state index >= 15 is 0 Å². The largest absolute Gasteiger partial charge is 0.480 e. The maximum atomic E-state index is 13.0. The number of thiocarbonyl (C=S) groups is 1. The fourth-order valence-electron chi connectivity index (χ4n) is 2.10. The molecule has 1 aliphatic rings. The molecule has 24 heavy (non-hydrogen) atoms. The summed E-state index contributed by atoms with van der Waals surface area (Å²) >= 11 is 7.60. The number of carbonyl (C=O) groups excluding carboxylic acids is 1. The van der Waals surface area contributed by atoms with Crippen LogP contribution >= 0.6 is 35.3 Å². The molecule has 1 aromatic heterocycles. The van der Waals surface area contributed by atoms with Gasteiger partial charge in [0.15, 0.2) is 0 Å². The van der Waals surface area contributed by atoms with Gasteiger partial charge in [-0.05, 0) is 35.9 Å². The van der Waals surface area contributed by atoms with Crippen LogP contribution in [0.3, 0.4) is 0 Å². The summed E-state index contributed by atoms with van der Waals surface area (Å²) < 4.78 is 13.2. The average molecular weight is 379 g/mol. The highest BCUT2D eigenvalue weighted by Gasteiger charge is 2.33. The Balaban J connectivity index is 1.82. The van der Waals surface area contributed by atoms with E-state index in [1.807, 2.05) is 12.1 Å². The van der Waals surface area contributed by atoms with Crippen molar-refractivity contribution in [2.45, 2.75) is 0 Å². The molecule has 2 heterocycles. The summed E-state index contributed by atoms with van der Waals surface area (Å²) in [5, 5.41) is 8.83. The molecular weight excluding hydrogens is 369 g/mol. The standard InChI is InChI=1S/C16H10FNO3S3/c17-10-3-1-9(2-4-10)12-6-5-11(23-12)7-13-15(21)18(8-14(19)20)16(22)24-13/h1-7H,8H2,(H,19,20). The zero-order valence-electron chi connectivity index (χ0n) is 12.1. The number of thiophene rings is 1. The summed E-state index contributed by atoms with van der Waals surface area (Å²) in [6.07, 6.45) is 1.69. The minimum atomic E-state index is -1.11. The van der Waals surface area contributed by atoms with E-state index in [1.165, 1.54) is 23.5 Å². The number of thioether (sulfide) groups is 1. The van der Waals surface area contributed by atoms with Crippen molar-refractivity contribution in [1.29, 1.82) is 0 Å². The highest BCUT2D eigenvalue weighted by Crippen LogP contribution is 2.35. The van der Waals surface area contributed by atoms with Crippen LogP contribution in [0, 0.1) is 5.82 Å². The molecule has 1 aliphatic heterocycles. The Hall–Kier alpha value is -2.03. The first-order valence-corrected chi connectivity index (χ1v) is 8.81. The predicted octanol–water partition coefficient (Wildman–Crippen LogP) is 3.84. The minimum Gasteiger partial charge on any atom is -0.480 e. The van der Waals surface area contributed by atoms with Crippen LogP contribution in [0.4, 0.5) is 4.39 Å². The number of rotatable bonds is 4. The molecule has 1 N–H and O–H groups in total. The number of nitrogens with zero attached hydrogens (tertiary/aromatic N) is 1. The van der Waals surface area contributed by atoms with E-state index in [4.69, 9.17) is 17.3 Å². The topological polar surface area (TPSA) is 57.6 Å². The van der Waals surface area contributed by atoms with Crippen molar-refractivity contribution >= 4 is 57.6 Å². The Kier molecular flexibility index (Phi) is 4.79. The number of benzene rings is 1. The molecule has 1 saturated heterocycles. The molecule has 0 radical (unpaired) electrons. The second-order valence-electron chi connectivity index (χ2n) is 4.87. The third kappa shape index (κ3) is 3.55. The lowest BCUT2D eigenvalue weighted by Crippen LogP contribution is -2.33. The van der Waals surface area contributed by atoms with Crippen LogP contribution in [0.2, 0.25) is 0 Å². The first-order valence-electron chi connectivity index (χ1n) is 6.77. The number of halogens is 1. The van der Waals surface area contributed by atoms with Crippen molar-refractivity contribution in [1.82, 2.24) is 4.90 Å². The normalized spacial score (nSPS) is 16.2. The number of carboxylic acids is 1. The van der Waals surface area contributed by atoms with Gasteiger partial charge in [-0.3, -0.25) is 14.5 Å². The molecule has 0 saturated carbocycles. The van der Waals surface area contributed by atoms with Gasteiger partial charge in [-0.2, -0.15) is 0 Å². The summed E-state index contributed by atoms with van der Waals surface area (Å²) in [5.41, 5.74) is 0.888. The van der Waals surface area contributed by atoms with Crippen LogP contribution in [0.15, 0.2) is 41.3 Å². The van der Waals surface area contributed by atoms with Crippen molar-refractivity contribution in [2.75, 3.05) is 6.54 Å². The Labute approximate surface area is 150 Å². The second kappa shape index (κ2) is 6.84. The van der Waals surface area contributed by atoms with Gasteiger partial charge in [0, 0.05) is 9.75 Å². The Morgan fingerprint density at radius 1 is 1.25 bits per heavy atom. The molecule has 3 rings (SSSR count). The molecule has 0 atom stereocenters. The van der Waals surface area contributed by atoms with Gasteiger partial charge in [0.05, 0.1) is 4.91 Å². The smallest absolute Gasteiger partial charge is 0.323 e. The van der Waals surface area contributed by atoms with E-state index in [2.05, 4.69) is 0 Å². The van der Waals surface area contributed by atoms with Crippen molar-refractivity contribution in [3.63, 3.8) is 0 Å². The molecule has 0 spiro atoms. The van der Waals surface area contributed by atoms with Crippen molar-refractivity contribution in [3.8, 4) is 10.4 Å². The molecule has 1 fully saturated rings. The highest BCUT2D eigenvalue weighted by atomic mass is 32.2. The van der Waals surface area contributed by atoms with Crippen LogP contribution < -0.4 is 0 Å². The third-order valence-corrected chi connectivity index (χ3v) is 5.65. The lowest BCUT2D eigenvalue weighted by Gasteiger charge is -2.09. The number of carbonyl (C=O) groups is 2. The summed E-state index contributed by atoms with van der Waals surface area (Å²) in [6, 6.07) is 9.92. The van der Waals surface area contributed by atoms with Gasteiger partial charge in [-0.15, -0.1) is 11.3 Å². The minimum absolute atomic E-state index is 0.240. The van der Waals surface area contributed by atoms with Gasteiger partial charge < -0.3 is 5.11 Å². The molecule has 4 nitrogen and oxygen atoms in total. The van der Waals surface area contributed by atoms with Gasteiger partial charge in [0.25, 0.3) is 5.91 Å². The number of hydrogen-bond acceptors (Lipinski definition) is 5. The van der Waals surface area contributed by atoms with E-state index in [0.29, 0.717) is 4.91 Å². The number of carboxylic acid groups (broad SMARTS) is 1. The first-order chi connectivity index (χ1) is 11.4. The molecule has 0 aliphatic carbocycles. The van der Waals surface area contributed by atoms with Gasteiger partial charge in [0.1, 0.15) is 16.7 Å². The van der Waals surface area contributed by atoms with E-state index in [-0.39, 0.29) is 10.1 Å². The van der Waals surface area contributed by atoms with Gasteiger partial charge in [-0.25, -0.2) is 4.39 Å². The zero-order chi connectivity index (χ0) is 17.3. The fourth-order valence-corrected chi connectivity index (χ4v) is 4.38. The number of aliphatic carboxylic acids is 1. The van der Waals surface area contributed by atoms with E-state index in [1.54, 1.807) is 18.2 Å². The molecule has 8 heteroatoms. The van der Waals surface area contributed by atoms with Crippen molar-refractivity contribution in [3.05, 3.63) is 52.0 Å². The quantitative estimate of drug-likeness (QED) is 0.646. The van der Waals surface area contributed by atoms with Gasteiger partial charge >= 0.3 is 5.97 Å². The van der Waals surface area contributed by atoms with Gasteiger partial charge in [-0.1, -0.05) is 36.1 Å². The van der Waals surface area contributed by atoms with Crippen LogP contribution in [0.25, 0.3) is 16.5 Å². The van der Waals surface area contributed by atoms with Crippen molar-refractivity contribution < 1.29 is 19.1 Å². The van der Waals surface area contributed by atoms with Crippen LogP contribution in [0.1, 0.15) is 4.88 Å². The second-order valence-corrected chi connectivity index (χ2v) is 7.66. The summed E-state index contributed by atoms with van der Waals surface area (Å²) in [7, 11) is 0. The Morgan fingerprint density at radius 3 is 2.62 bits per heavy atom. The highest BCUT2D eigenvalue weighted by molar-refractivity contribution is 8.26. The van der Waals surface area contributed by atoms with Crippen LogP contribution in [-0.2, 0) is 9.59 Å². The van der Waals surface area contributed by atoms with E-state index in [9.17, 15) is 14.0 Å². The van der Waals surface area contributed by atoms with E-state index < -0.39 is 18.4 Å². The van der Waals surface area contributed by atoms with Crippen LogP contribution in [0.5, 0.6) is 0 Å². The van der Waals surface area contributed by atoms with E-state index in [0.717, 1.165) is 32.0 Å². The summed E-state index contributed by atoms with van der Waals surface area (Å²) in [4.78, 5) is 26.3. The molecule has 122 valence electrons. The third-order valence-electron chi connectivity index (χ3n) is 3.20. The maximum absolute atomic E-state index is 13.0. The van der Waals surface area contributed by atoms with Crippen LogP contribution in [-0.4, -0.2) is 32.7 Å². The molecular formula is C16H10FNO3S3. The number of amides is 1. The predicted molar refractivity (Wildman–Crippen MR) is 97.2 cm³/mol. The average Bonchev–Trinajstić information content (AvgIpc) is 3.09. The maximum Gasteiger partial charge on any atom is 0.323 e. The zero-order valence-corrected chi connectivity index (χ0v) is 14.5. The molecule has 0 unspecified atom stereocenters. The number of hydrogen-bond donors (Lipinski definition) is 1. The SMILES string of the molecule is O=C(O)CN1C(=O)C(=Cc2ccc(-c3ccc(F)cc3)s2)SC1=S. The Morgan fingerprint density at radius 2 is 1.96 bits per heavy atom. The monoisotopic (exact) mass is 379 g/mol. The molecule has 1 aromatic carbocycles. The van der Waals surface area contributed by atoms with Gasteiger partial charge in [0.2, 0.25) is 0 Å². The van der Waals surface area contributed by atoms with Crippen molar-refractivity contribution in [2.24, 2.45) is 0 Å². The molecule has 2 aromatic rings. The first kappa shape index (κ1) is 16.8. The summed E-state index contributed by atoms with van der Waals surface area (Å²) in [5.74, 6) is -1.80. The summed E-state index contributed by atoms with van der Waals surface area (Å²) in [6.45, 7) is -0.437. The molecule has 0 bridgehead atoms. The molecule has 1 amide bonds. The Bertz CT molecular complexity index is 858. The fraction of sp³-hybridized carbons (Fsp3) is 0.0625.